The smallest absolute Gasteiger partial charge is 0.253 e. The summed E-state index contributed by atoms with van der Waals surface area (Å²) < 4.78 is 11.3. The second-order valence-corrected chi connectivity index (χ2v) is 7.09. The van der Waals surface area contributed by atoms with Crippen LogP contribution in [0.15, 0.2) is 29.8 Å². The van der Waals surface area contributed by atoms with Gasteiger partial charge in [-0.05, 0) is 18.1 Å². The maximum Gasteiger partial charge on any atom is 0.253 e. The molecule has 1 aromatic carbocycles. The van der Waals surface area contributed by atoms with Crippen molar-refractivity contribution in [3.05, 3.63) is 35.4 Å². The van der Waals surface area contributed by atoms with Crippen LogP contribution in [0.1, 0.15) is 18.9 Å². The Kier molecular flexibility index (Phi) is 4.77. The molecule has 0 radical (unpaired) electrons. The summed E-state index contributed by atoms with van der Waals surface area (Å²) in [5, 5.41) is 0. The SMILES string of the molecule is CC[C@@H]1CN(C(=O)C2=Cc3ccccc3OC2)C[C@@H]1N1CCOCC1. The lowest BCUT2D eigenvalue weighted by Gasteiger charge is -2.34. The number of morpholine rings is 1. The van der Waals surface area contributed by atoms with Crippen LogP contribution in [0.25, 0.3) is 6.08 Å². The van der Waals surface area contributed by atoms with Crippen LogP contribution < -0.4 is 4.74 Å². The molecule has 0 unspecified atom stereocenters. The summed E-state index contributed by atoms with van der Waals surface area (Å²) in [5.41, 5.74) is 1.75. The Bertz CT molecular complexity index is 667. The average molecular weight is 342 g/mol. The van der Waals surface area contributed by atoms with Gasteiger partial charge in [-0.2, -0.15) is 0 Å². The van der Waals surface area contributed by atoms with Crippen molar-refractivity contribution in [2.75, 3.05) is 46.0 Å². The summed E-state index contributed by atoms with van der Waals surface area (Å²) >= 11 is 0. The van der Waals surface area contributed by atoms with Gasteiger partial charge in [-0.15, -0.1) is 0 Å². The van der Waals surface area contributed by atoms with Crippen LogP contribution in [0.5, 0.6) is 5.75 Å². The second kappa shape index (κ2) is 7.18. The molecule has 2 atom stereocenters. The number of nitrogens with zero attached hydrogens (tertiary/aromatic N) is 2. The van der Waals surface area contributed by atoms with Crippen molar-refractivity contribution in [1.29, 1.82) is 0 Å². The minimum Gasteiger partial charge on any atom is -0.488 e. The number of benzene rings is 1. The van der Waals surface area contributed by atoms with Gasteiger partial charge in [-0.1, -0.05) is 31.5 Å². The quantitative estimate of drug-likeness (QED) is 0.843. The summed E-state index contributed by atoms with van der Waals surface area (Å²) in [5.74, 6) is 1.53. The number of fused-ring (bicyclic) bond motifs is 1. The van der Waals surface area contributed by atoms with Gasteiger partial charge in [0.25, 0.3) is 5.91 Å². The average Bonchev–Trinajstić information content (AvgIpc) is 3.12. The van der Waals surface area contributed by atoms with Crippen LogP contribution in [0.2, 0.25) is 0 Å². The third kappa shape index (κ3) is 3.31. The Morgan fingerprint density at radius 2 is 2.00 bits per heavy atom. The van der Waals surface area contributed by atoms with E-state index in [1.165, 1.54) is 0 Å². The molecule has 0 aliphatic carbocycles. The van der Waals surface area contributed by atoms with Crippen molar-refractivity contribution >= 4 is 12.0 Å². The first kappa shape index (κ1) is 16.6. The molecule has 2 fully saturated rings. The summed E-state index contributed by atoms with van der Waals surface area (Å²) in [6, 6.07) is 8.33. The van der Waals surface area contributed by atoms with E-state index in [0.717, 1.165) is 62.7 Å². The number of hydrogen-bond donors (Lipinski definition) is 0. The molecule has 25 heavy (non-hydrogen) atoms. The lowest BCUT2D eigenvalue weighted by Crippen LogP contribution is -2.47. The normalized spacial score (nSPS) is 26.8. The number of rotatable bonds is 3. The van der Waals surface area contributed by atoms with Gasteiger partial charge in [0.05, 0.1) is 18.8 Å². The van der Waals surface area contributed by atoms with E-state index in [4.69, 9.17) is 9.47 Å². The maximum absolute atomic E-state index is 13.0. The Labute approximate surface area is 149 Å². The zero-order chi connectivity index (χ0) is 17.2. The van der Waals surface area contributed by atoms with Gasteiger partial charge < -0.3 is 14.4 Å². The third-order valence-electron chi connectivity index (χ3n) is 5.64. The largest absolute Gasteiger partial charge is 0.488 e. The molecule has 1 amide bonds. The fourth-order valence-corrected chi connectivity index (χ4v) is 4.19. The standard InChI is InChI=1S/C20H26N2O3/c1-2-15-12-22(13-18(15)21-7-9-24-10-8-21)20(23)17-11-16-5-3-4-6-19(16)25-14-17/h3-6,11,15,18H,2,7-10,12-14H2,1H3/t15-,18+/m1/s1. The molecular formula is C20H26N2O3. The zero-order valence-corrected chi connectivity index (χ0v) is 14.8. The molecule has 0 N–H and O–H groups in total. The molecule has 5 nitrogen and oxygen atoms in total. The van der Waals surface area contributed by atoms with Crippen LogP contribution in [0, 0.1) is 5.92 Å². The van der Waals surface area contributed by atoms with Gasteiger partial charge in [0.1, 0.15) is 12.4 Å². The minimum absolute atomic E-state index is 0.128. The number of para-hydroxylation sites is 1. The topological polar surface area (TPSA) is 42.0 Å². The Hall–Kier alpha value is -1.85. The van der Waals surface area contributed by atoms with Crippen LogP contribution in [-0.2, 0) is 9.53 Å². The molecule has 3 aliphatic rings. The van der Waals surface area contributed by atoms with Crippen molar-refractivity contribution in [3.63, 3.8) is 0 Å². The van der Waals surface area contributed by atoms with E-state index in [1.807, 2.05) is 35.2 Å². The van der Waals surface area contributed by atoms with E-state index in [0.29, 0.717) is 18.6 Å². The summed E-state index contributed by atoms with van der Waals surface area (Å²) in [7, 11) is 0. The number of ether oxygens (including phenoxy) is 2. The maximum atomic E-state index is 13.0. The van der Waals surface area contributed by atoms with Crippen LogP contribution in [-0.4, -0.2) is 67.7 Å². The summed E-state index contributed by atoms with van der Waals surface area (Å²) in [4.78, 5) is 17.6. The number of amides is 1. The fourth-order valence-electron chi connectivity index (χ4n) is 4.19. The minimum atomic E-state index is 0.128. The Morgan fingerprint density at radius 3 is 2.80 bits per heavy atom. The Balaban J connectivity index is 1.48. The molecule has 2 saturated heterocycles. The molecule has 5 heteroatoms. The van der Waals surface area contributed by atoms with Crippen molar-refractivity contribution in [1.82, 2.24) is 9.80 Å². The number of hydrogen-bond acceptors (Lipinski definition) is 4. The van der Waals surface area contributed by atoms with E-state index in [1.54, 1.807) is 0 Å². The van der Waals surface area contributed by atoms with Gasteiger partial charge in [0, 0.05) is 37.8 Å². The molecule has 134 valence electrons. The molecule has 0 bridgehead atoms. The molecule has 0 saturated carbocycles. The summed E-state index contributed by atoms with van der Waals surface area (Å²) in [6.45, 7) is 7.81. The van der Waals surface area contributed by atoms with E-state index < -0.39 is 0 Å². The van der Waals surface area contributed by atoms with E-state index >= 15 is 0 Å². The highest BCUT2D eigenvalue weighted by atomic mass is 16.5. The predicted octanol–water partition coefficient (Wildman–Crippen LogP) is 2.03. The molecule has 0 spiro atoms. The lowest BCUT2D eigenvalue weighted by molar-refractivity contribution is -0.126. The molecular weight excluding hydrogens is 316 g/mol. The molecule has 4 rings (SSSR count). The van der Waals surface area contributed by atoms with Gasteiger partial charge in [0.2, 0.25) is 0 Å². The lowest BCUT2D eigenvalue weighted by atomic mass is 9.99. The first-order valence-corrected chi connectivity index (χ1v) is 9.29. The van der Waals surface area contributed by atoms with Crippen molar-refractivity contribution in [2.24, 2.45) is 5.92 Å². The first-order chi connectivity index (χ1) is 12.3. The number of carbonyl (C=O) groups excluding carboxylic acids is 1. The molecule has 0 aromatic heterocycles. The molecule has 1 aromatic rings. The van der Waals surface area contributed by atoms with Crippen LogP contribution >= 0.6 is 0 Å². The van der Waals surface area contributed by atoms with Gasteiger partial charge in [-0.3, -0.25) is 9.69 Å². The van der Waals surface area contributed by atoms with Gasteiger partial charge in [0.15, 0.2) is 0 Å². The molecule has 3 heterocycles. The predicted molar refractivity (Wildman–Crippen MR) is 96.5 cm³/mol. The first-order valence-electron chi connectivity index (χ1n) is 9.29. The van der Waals surface area contributed by atoms with Crippen molar-refractivity contribution in [3.8, 4) is 5.75 Å². The van der Waals surface area contributed by atoms with Gasteiger partial charge in [-0.25, -0.2) is 0 Å². The van der Waals surface area contributed by atoms with Crippen LogP contribution in [0.4, 0.5) is 0 Å². The highest BCUT2D eigenvalue weighted by Crippen LogP contribution is 2.30. The van der Waals surface area contributed by atoms with Crippen molar-refractivity contribution in [2.45, 2.75) is 19.4 Å². The third-order valence-corrected chi connectivity index (χ3v) is 5.64. The zero-order valence-electron chi connectivity index (χ0n) is 14.8. The number of likely N-dealkylation sites (tertiary alicyclic amines) is 1. The van der Waals surface area contributed by atoms with E-state index in [9.17, 15) is 4.79 Å². The fraction of sp³-hybridized carbons (Fsp3) is 0.550. The van der Waals surface area contributed by atoms with Crippen molar-refractivity contribution < 1.29 is 14.3 Å². The molecule has 3 aliphatic heterocycles. The highest BCUT2D eigenvalue weighted by Gasteiger charge is 2.39. The van der Waals surface area contributed by atoms with E-state index in [-0.39, 0.29) is 5.91 Å². The Morgan fingerprint density at radius 1 is 1.20 bits per heavy atom. The van der Waals surface area contributed by atoms with E-state index in [2.05, 4.69) is 11.8 Å². The second-order valence-electron chi connectivity index (χ2n) is 7.09. The highest BCUT2D eigenvalue weighted by molar-refractivity contribution is 5.99. The monoisotopic (exact) mass is 342 g/mol. The van der Waals surface area contributed by atoms with Gasteiger partial charge >= 0.3 is 0 Å². The number of carbonyl (C=O) groups is 1. The summed E-state index contributed by atoms with van der Waals surface area (Å²) in [6.07, 6.45) is 3.09. The van der Waals surface area contributed by atoms with Crippen LogP contribution in [0.3, 0.4) is 0 Å².